The van der Waals surface area contributed by atoms with E-state index in [1.807, 2.05) is 0 Å². The number of hydrogen-bond acceptors (Lipinski definition) is 3. The molecule has 1 aromatic heterocycles. The molecule has 1 aromatic carbocycles. The highest BCUT2D eigenvalue weighted by atomic mass is 32.1. The van der Waals surface area contributed by atoms with Gasteiger partial charge in [0.05, 0.1) is 18.7 Å². The molecule has 1 heterocycles. The fourth-order valence-electron chi connectivity index (χ4n) is 2.01. The second-order valence-corrected chi connectivity index (χ2v) is 5.29. The predicted molar refractivity (Wildman–Crippen MR) is 73.2 cm³/mol. The fraction of sp³-hybridized carbons (Fsp3) is 0.286. The Morgan fingerprint density at radius 1 is 1.24 bits per heavy atom. The zero-order valence-corrected chi connectivity index (χ0v) is 12.1. The minimum Gasteiger partial charge on any atom is -0.496 e. The third-order valence-corrected chi connectivity index (χ3v) is 4.01. The molecule has 0 fully saturated rings. The van der Waals surface area contributed by atoms with Crippen LogP contribution in [0.1, 0.15) is 22.0 Å². The lowest BCUT2D eigenvalue weighted by molar-refractivity contribution is -0.140. The van der Waals surface area contributed by atoms with E-state index in [-0.39, 0.29) is 0 Å². The van der Waals surface area contributed by atoms with Crippen molar-refractivity contribution in [3.63, 3.8) is 0 Å². The Balaban J connectivity index is 2.43. The SMILES string of the molecule is CNC(c1ccc(F)c(C(F)(F)F)c1)c1cc(OC)cs1. The van der Waals surface area contributed by atoms with E-state index in [4.69, 9.17) is 4.74 Å². The smallest absolute Gasteiger partial charge is 0.419 e. The van der Waals surface area contributed by atoms with Gasteiger partial charge in [-0.2, -0.15) is 13.2 Å². The monoisotopic (exact) mass is 319 g/mol. The number of alkyl halides is 3. The van der Waals surface area contributed by atoms with E-state index in [1.165, 1.54) is 24.5 Å². The lowest BCUT2D eigenvalue weighted by atomic mass is 10.0. The summed E-state index contributed by atoms with van der Waals surface area (Å²) in [6, 6.07) is 4.30. The maximum Gasteiger partial charge on any atom is 0.419 e. The van der Waals surface area contributed by atoms with Gasteiger partial charge in [0, 0.05) is 10.3 Å². The Labute approximate surface area is 123 Å². The molecule has 0 spiro atoms. The van der Waals surface area contributed by atoms with Gasteiger partial charge in [-0.3, -0.25) is 0 Å². The van der Waals surface area contributed by atoms with E-state index in [9.17, 15) is 17.6 Å². The number of halogens is 4. The predicted octanol–water partition coefficient (Wildman–Crippen LogP) is 4.22. The van der Waals surface area contributed by atoms with E-state index < -0.39 is 23.6 Å². The zero-order valence-electron chi connectivity index (χ0n) is 11.3. The molecule has 0 amide bonds. The molecular formula is C14H13F4NOS. The Kier molecular flexibility index (Phi) is 4.53. The van der Waals surface area contributed by atoms with Crippen molar-refractivity contribution in [2.75, 3.05) is 14.2 Å². The highest BCUT2D eigenvalue weighted by Crippen LogP contribution is 2.36. The Hall–Kier alpha value is -1.60. The Morgan fingerprint density at radius 2 is 1.95 bits per heavy atom. The van der Waals surface area contributed by atoms with Crippen molar-refractivity contribution >= 4 is 11.3 Å². The Morgan fingerprint density at radius 3 is 2.48 bits per heavy atom. The van der Waals surface area contributed by atoms with Gasteiger partial charge in [0.1, 0.15) is 11.6 Å². The summed E-state index contributed by atoms with van der Waals surface area (Å²) in [6.45, 7) is 0. The van der Waals surface area contributed by atoms with Crippen molar-refractivity contribution in [1.29, 1.82) is 0 Å². The highest BCUT2D eigenvalue weighted by molar-refractivity contribution is 7.10. The van der Waals surface area contributed by atoms with Crippen LogP contribution in [0.3, 0.4) is 0 Å². The third-order valence-electron chi connectivity index (χ3n) is 3.03. The van der Waals surface area contributed by atoms with Crippen LogP contribution in [-0.2, 0) is 6.18 Å². The fourth-order valence-corrected chi connectivity index (χ4v) is 3.00. The maximum absolute atomic E-state index is 13.3. The molecule has 0 saturated heterocycles. The summed E-state index contributed by atoms with van der Waals surface area (Å²) < 4.78 is 56.7. The molecule has 2 aromatic rings. The second-order valence-electron chi connectivity index (χ2n) is 4.35. The van der Waals surface area contributed by atoms with E-state index in [0.717, 1.165) is 17.0 Å². The van der Waals surface area contributed by atoms with E-state index >= 15 is 0 Å². The van der Waals surface area contributed by atoms with Crippen molar-refractivity contribution < 1.29 is 22.3 Å². The van der Waals surface area contributed by atoms with Gasteiger partial charge in [0.25, 0.3) is 0 Å². The van der Waals surface area contributed by atoms with E-state index in [2.05, 4.69) is 5.32 Å². The van der Waals surface area contributed by atoms with Gasteiger partial charge < -0.3 is 10.1 Å². The molecule has 0 radical (unpaired) electrons. The van der Waals surface area contributed by atoms with Crippen molar-refractivity contribution in [3.05, 3.63) is 51.5 Å². The lowest BCUT2D eigenvalue weighted by Gasteiger charge is -2.17. The standard InChI is InChI=1S/C14H13F4NOS/c1-19-13(12-6-9(20-2)7-21-12)8-3-4-11(15)10(5-8)14(16,17)18/h3-7,13,19H,1-2H3. The molecule has 0 saturated carbocycles. The number of nitrogens with one attached hydrogen (secondary N) is 1. The summed E-state index contributed by atoms with van der Waals surface area (Å²) in [6.07, 6.45) is -4.72. The van der Waals surface area contributed by atoms with Crippen LogP contribution in [0.5, 0.6) is 5.75 Å². The van der Waals surface area contributed by atoms with Crippen LogP contribution in [-0.4, -0.2) is 14.2 Å². The minimum absolute atomic E-state index is 0.343. The van der Waals surface area contributed by atoms with Gasteiger partial charge in [-0.25, -0.2) is 4.39 Å². The quantitative estimate of drug-likeness (QED) is 0.852. The van der Waals surface area contributed by atoms with Crippen LogP contribution in [0.15, 0.2) is 29.6 Å². The van der Waals surface area contributed by atoms with Gasteiger partial charge in [0.2, 0.25) is 0 Å². The number of benzene rings is 1. The summed E-state index contributed by atoms with van der Waals surface area (Å²) in [5.41, 5.74) is -0.917. The summed E-state index contributed by atoms with van der Waals surface area (Å²) in [5, 5.41) is 4.69. The summed E-state index contributed by atoms with van der Waals surface area (Å²) >= 11 is 1.36. The molecule has 2 nitrogen and oxygen atoms in total. The molecule has 0 aliphatic heterocycles. The van der Waals surface area contributed by atoms with Gasteiger partial charge in [0.15, 0.2) is 0 Å². The number of methoxy groups -OCH3 is 1. The number of thiophene rings is 1. The van der Waals surface area contributed by atoms with Gasteiger partial charge in [-0.1, -0.05) is 6.07 Å². The van der Waals surface area contributed by atoms with Gasteiger partial charge >= 0.3 is 6.18 Å². The van der Waals surface area contributed by atoms with Crippen LogP contribution in [0.25, 0.3) is 0 Å². The first kappa shape index (κ1) is 15.8. The molecule has 0 aliphatic rings. The highest BCUT2D eigenvalue weighted by Gasteiger charge is 2.34. The van der Waals surface area contributed by atoms with Crippen LogP contribution in [0, 0.1) is 5.82 Å². The lowest BCUT2D eigenvalue weighted by Crippen LogP contribution is -2.18. The Bertz CT molecular complexity index is 624. The second kappa shape index (κ2) is 6.03. The van der Waals surface area contributed by atoms with Crippen molar-refractivity contribution in [2.45, 2.75) is 12.2 Å². The topological polar surface area (TPSA) is 21.3 Å². The average molecular weight is 319 g/mol. The van der Waals surface area contributed by atoms with Crippen LogP contribution in [0.4, 0.5) is 17.6 Å². The molecule has 21 heavy (non-hydrogen) atoms. The van der Waals surface area contributed by atoms with E-state index in [1.54, 1.807) is 18.5 Å². The van der Waals surface area contributed by atoms with Crippen molar-refractivity contribution in [3.8, 4) is 5.75 Å². The first-order valence-corrected chi connectivity index (χ1v) is 6.91. The molecule has 1 N–H and O–H groups in total. The summed E-state index contributed by atoms with van der Waals surface area (Å²) in [5.74, 6) is -0.640. The number of hydrogen-bond donors (Lipinski definition) is 1. The first-order chi connectivity index (χ1) is 9.86. The third kappa shape index (κ3) is 3.36. The zero-order chi connectivity index (χ0) is 15.6. The molecule has 2 rings (SSSR count). The van der Waals surface area contributed by atoms with Crippen LogP contribution < -0.4 is 10.1 Å². The van der Waals surface area contributed by atoms with Crippen LogP contribution in [0.2, 0.25) is 0 Å². The minimum atomic E-state index is -4.72. The first-order valence-electron chi connectivity index (χ1n) is 6.03. The molecule has 0 bridgehead atoms. The molecule has 1 unspecified atom stereocenters. The van der Waals surface area contributed by atoms with E-state index in [0.29, 0.717) is 11.3 Å². The number of rotatable bonds is 4. The number of ether oxygens (including phenoxy) is 1. The molecular weight excluding hydrogens is 306 g/mol. The maximum atomic E-state index is 13.3. The van der Waals surface area contributed by atoms with Gasteiger partial charge in [-0.15, -0.1) is 11.3 Å². The van der Waals surface area contributed by atoms with Crippen molar-refractivity contribution in [2.24, 2.45) is 0 Å². The molecule has 7 heteroatoms. The summed E-state index contributed by atoms with van der Waals surface area (Å²) in [4.78, 5) is 0.786. The molecule has 0 aliphatic carbocycles. The van der Waals surface area contributed by atoms with Crippen molar-refractivity contribution in [1.82, 2.24) is 5.32 Å². The summed E-state index contributed by atoms with van der Waals surface area (Å²) in [7, 11) is 3.15. The molecule has 114 valence electrons. The average Bonchev–Trinajstić information content (AvgIpc) is 2.89. The van der Waals surface area contributed by atoms with Gasteiger partial charge in [-0.05, 0) is 30.8 Å². The largest absolute Gasteiger partial charge is 0.496 e. The van der Waals surface area contributed by atoms with Crippen LogP contribution >= 0.6 is 11.3 Å². The molecule has 1 atom stereocenters. The normalized spacial score (nSPS) is 13.2.